The summed E-state index contributed by atoms with van der Waals surface area (Å²) < 4.78 is 7.50. The van der Waals surface area contributed by atoms with Gasteiger partial charge in [0.25, 0.3) is 0 Å². The van der Waals surface area contributed by atoms with E-state index in [0.29, 0.717) is 12.5 Å². The minimum absolute atomic E-state index is 0. The molecule has 0 aliphatic heterocycles. The highest BCUT2D eigenvalue weighted by Gasteiger charge is 2.13. The monoisotopic (exact) mass is 502 g/mol. The topological polar surface area (TPSA) is 87.8 Å². The van der Waals surface area contributed by atoms with Gasteiger partial charge in [0.1, 0.15) is 12.2 Å². The lowest BCUT2D eigenvalue weighted by Gasteiger charge is -2.22. The summed E-state index contributed by atoms with van der Waals surface area (Å²) in [6, 6.07) is 9.95. The number of rotatable bonds is 9. The van der Waals surface area contributed by atoms with Crippen LogP contribution in [0.2, 0.25) is 0 Å². The molecule has 1 aromatic heterocycles. The van der Waals surface area contributed by atoms with Crippen molar-refractivity contribution in [2.24, 2.45) is 12.0 Å². The molecule has 0 aliphatic carbocycles. The second-order valence-corrected chi connectivity index (χ2v) is 6.39. The summed E-state index contributed by atoms with van der Waals surface area (Å²) in [5, 5.41) is 17.5. The van der Waals surface area contributed by atoms with Gasteiger partial charge in [-0.3, -0.25) is 9.67 Å². The van der Waals surface area contributed by atoms with E-state index < -0.39 is 6.10 Å². The molecule has 1 heterocycles. The van der Waals surface area contributed by atoms with Crippen LogP contribution in [0, 0.1) is 0 Å². The van der Waals surface area contributed by atoms with E-state index in [4.69, 9.17) is 4.74 Å². The van der Waals surface area contributed by atoms with Crippen LogP contribution in [0.1, 0.15) is 31.3 Å². The number of nitrogens with one attached hydrogen (secondary N) is 1. The number of hydrogen-bond acceptors (Lipinski definition) is 5. The summed E-state index contributed by atoms with van der Waals surface area (Å²) in [6.45, 7) is 5.77. The maximum Gasteiger partial charge on any atom is 0.194 e. The molecule has 156 valence electrons. The Morgan fingerprint density at radius 3 is 2.68 bits per heavy atom. The summed E-state index contributed by atoms with van der Waals surface area (Å²) in [4.78, 5) is 10.7. The molecule has 0 spiro atoms. The molecule has 0 amide bonds. The van der Waals surface area contributed by atoms with Gasteiger partial charge in [-0.05, 0) is 19.4 Å². The van der Waals surface area contributed by atoms with Crippen LogP contribution in [0.15, 0.2) is 41.7 Å². The highest BCUT2D eigenvalue weighted by Crippen LogP contribution is 2.15. The van der Waals surface area contributed by atoms with Crippen molar-refractivity contribution in [2.45, 2.75) is 32.6 Å². The van der Waals surface area contributed by atoms with Crippen molar-refractivity contribution in [1.29, 1.82) is 0 Å². The smallest absolute Gasteiger partial charge is 0.194 e. The highest BCUT2D eigenvalue weighted by molar-refractivity contribution is 14.0. The highest BCUT2D eigenvalue weighted by atomic mass is 127. The van der Waals surface area contributed by atoms with Gasteiger partial charge < -0.3 is 20.1 Å². The van der Waals surface area contributed by atoms with Crippen molar-refractivity contribution in [3.63, 3.8) is 0 Å². The summed E-state index contributed by atoms with van der Waals surface area (Å²) in [6.07, 6.45) is 0.784. The Labute approximate surface area is 184 Å². The molecule has 2 rings (SSSR count). The number of guanidine groups is 1. The Kier molecular flexibility index (Phi) is 11.0. The number of benzene rings is 1. The summed E-state index contributed by atoms with van der Waals surface area (Å²) >= 11 is 0. The van der Waals surface area contributed by atoms with Crippen LogP contribution in [0.4, 0.5) is 0 Å². The third kappa shape index (κ3) is 7.72. The van der Waals surface area contributed by atoms with Crippen LogP contribution >= 0.6 is 24.0 Å². The molecule has 28 heavy (non-hydrogen) atoms. The average molecular weight is 502 g/mol. The van der Waals surface area contributed by atoms with Crippen LogP contribution < -0.4 is 5.32 Å². The zero-order chi connectivity index (χ0) is 19.6. The maximum absolute atomic E-state index is 10.2. The van der Waals surface area contributed by atoms with Gasteiger partial charge in [-0.15, -0.1) is 24.0 Å². The second-order valence-electron chi connectivity index (χ2n) is 6.39. The predicted molar refractivity (Wildman–Crippen MR) is 121 cm³/mol. The Balaban J connectivity index is 0.00000392. The van der Waals surface area contributed by atoms with Crippen LogP contribution in [0.5, 0.6) is 0 Å². The maximum atomic E-state index is 10.2. The first-order chi connectivity index (χ1) is 13.0. The Morgan fingerprint density at radius 1 is 1.36 bits per heavy atom. The molecule has 2 atom stereocenters. The molecule has 0 fully saturated rings. The SMILES string of the molecule is CCNC(=NCC(O)COC(C)c1ccccc1)N(C)Cc1ncnn1C.I. The van der Waals surface area contributed by atoms with Crippen molar-refractivity contribution in [3.8, 4) is 0 Å². The first-order valence-electron chi connectivity index (χ1n) is 9.18. The third-order valence-corrected chi connectivity index (χ3v) is 4.14. The van der Waals surface area contributed by atoms with Gasteiger partial charge in [0, 0.05) is 20.6 Å². The van der Waals surface area contributed by atoms with Crippen LogP contribution in [-0.2, 0) is 18.3 Å². The van der Waals surface area contributed by atoms with Crippen molar-refractivity contribution >= 4 is 29.9 Å². The number of hydrogen-bond donors (Lipinski definition) is 2. The molecule has 0 radical (unpaired) electrons. The predicted octanol–water partition coefficient (Wildman–Crippen LogP) is 1.97. The van der Waals surface area contributed by atoms with Crippen molar-refractivity contribution in [3.05, 3.63) is 48.0 Å². The van der Waals surface area contributed by atoms with Gasteiger partial charge in [0.15, 0.2) is 5.96 Å². The summed E-state index contributed by atoms with van der Waals surface area (Å²) in [5.74, 6) is 1.54. The molecule has 0 saturated heterocycles. The quantitative estimate of drug-likeness (QED) is 0.310. The van der Waals surface area contributed by atoms with Gasteiger partial charge in [-0.1, -0.05) is 30.3 Å². The first-order valence-corrected chi connectivity index (χ1v) is 9.18. The second kappa shape index (κ2) is 12.7. The normalized spacial score (nSPS) is 13.5. The lowest BCUT2D eigenvalue weighted by atomic mass is 10.1. The van der Waals surface area contributed by atoms with Crippen molar-refractivity contribution in [1.82, 2.24) is 25.0 Å². The number of aryl methyl sites for hydroxylation is 1. The van der Waals surface area contributed by atoms with E-state index in [1.165, 1.54) is 6.33 Å². The standard InChI is InChI=1S/C19H30N6O2.HI/c1-5-20-19(24(3)12-18-22-14-23-25(18)4)21-11-17(26)13-27-15(2)16-9-7-6-8-10-16;/h6-10,14-15,17,26H,5,11-13H2,1-4H3,(H,20,21);1H. The molecule has 1 aromatic carbocycles. The molecule has 2 aromatic rings. The van der Waals surface area contributed by atoms with E-state index in [1.54, 1.807) is 4.68 Å². The molecule has 0 aliphatic rings. The fourth-order valence-electron chi connectivity index (χ4n) is 2.54. The van der Waals surface area contributed by atoms with Crippen molar-refractivity contribution in [2.75, 3.05) is 26.7 Å². The number of aliphatic hydroxyl groups is 1. The van der Waals surface area contributed by atoms with E-state index in [9.17, 15) is 5.11 Å². The van der Waals surface area contributed by atoms with Gasteiger partial charge >= 0.3 is 0 Å². The van der Waals surface area contributed by atoms with Gasteiger partial charge in [0.2, 0.25) is 0 Å². The third-order valence-electron chi connectivity index (χ3n) is 4.14. The number of halogens is 1. The number of nitrogens with zero attached hydrogens (tertiary/aromatic N) is 5. The number of aromatic nitrogens is 3. The molecule has 2 N–H and O–H groups in total. The molecular weight excluding hydrogens is 471 g/mol. The van der Waals surface area contributed by atoms with E-state index in [-0.39, 0.29) is 43.2 Å². The fraction of sp³-hybridized carbons (Fsp3) is 0.526. The van der Waals surface area contributed by atoms with Gasteiger partial charge in [0.05, 0.1) is 31.9 Å². The van der Waals surface area contributed by atoms with Crippen LogP contribution in [0.3, 0.4) is 0 Å². The van der Waals surface area contributed by atoms with E-state index in [2.05, 4.69) is 20.4 Å². The van der Waals surface area contributed by atoms with Crippen LogP contribution in [-0.4, -0.2) is 63.6 Å². The zero-order valence-electron chi connectivity index (χ0n) is 16.9. The average Bonchev–Trinajstić information content (AvgIpc) is 3.08. The minimum atomic E-state index is -0.673. The Bertz CT molecular complexity index is 709. The largest absolute Gasteiger partial charge is 0.389 e. The first kappa shape index (κ1) is 24.3. The van der Waals surface area contributed by atoms with Crippen molar-refractivity contribution < 1.29 is 9.84 Å². The van der Waals surface area contributed by atoms with E-state index in [0.717, 1.165) is 17.9 Å². The van der Waals surface area contributed by atoms with Crippen LogP contribution in [0.25, 0.3) is 0 Å². The lowest BCUT2D eigenvalue weighted by molar-refractivity contribution is 0.00105. The Hall–Kier alpha value is -1.72. The summed E-state index contributed by atoms with van der Waals surface area (Å²) in [7, 11) is 3.78. The molecular formula is C19H31IN6O2. The number of aliphatic hydroxyl groups excluding tert-OH is 1. The number of ether oxygens (including phenoxy) is 1. The fourth-order valence-corrected chi connectivity index (χ4v) is 2.54. The van der Waals surface area contributed by atoms with Gasteiger partial charge in [-0.2, -0.15) is 5.10 Å². The molecule has 9 heteroatoms. The van der Waals surface area contributed by atoms with Gasteiger partial charge in [-0.25, -0.2) is 4.98 Å². The Morgan fingerprint density at radius 2 is 2.07 bits per heavy atom. The number of aliphatic imine (C=N–C) groups is 1. The zero-order valence-corrected chi connectivity index (χ0v) is 19.3. The minimum Gasteiger partial charge on any atom is -0.389 e. The molecule has 0 saturated carbocycles. The molecule has 0 bridgehead atoms. The van der Waals surface area contributed by atoms with E-state index in [1.807, 2.05) is 63.2 Å². The molecule has 2 unspecified atom stereocenters. The molecule has 8 nitrogen and oxygen atoms in total. The van der Waals surface area contributed by atoms with E-state index >= 15 is 0 Å². The summed E-state index contributed by atoms with van der Waals surface area (Å²) in [5.41, 5.74) is 1.09. The lowest BCUT2D eigenvalue weighted by Crippen LogP contribution is -2.39.